The Labute approximate surface area is 183 Å². The molecule has 0 saturated carbocycles. The van der Waals surface area contributed by atoms with Crippen LogP contribution in [0.15, 0.2) is 47.2 Å². The molecule has 0 radical (unpaired) electrons. The van der Waals surface area contributed by atoms with Crippen molar-refractivity contribution in [3.05, 3.63) is 52.7 Å². The minimum absolute atomic E-state index is 0.0647. The van der Waals surface area contributed by atoms with Crippen LogP contribution in [0.1, 0.15) is 18.4 Å². The molecule has 1 saturated heterocycles. The van der Waals surface area contributed by atoms with Crippen LogP contribution in [0.25, 0.3) is 17.0 Å². The average Bonchev–Trinajstić information content (AvgIpc) is 3.53. The average molecular weight is 435 g/mol. The van der Waals surface area contributed by atoms with Gasteiger partial charge in [-0.25, -0.2) is 0 Å². The Morgan fingerprint density at radius 1 is 1.23 bits per heavy atom. The monoisotopic (exact) mass is 434 g/mol. The van der Waals surface area contributed by atoms with Gasteiger partial charge in [-0.2, -0.15) is 15.9 Å². The van der Waals surface area contributed by atoms with E-state index in [9.17, 15) is 4.79 Å². The molecule has 1 aliphatic rings. The van der Waals surface area contributed by atoms with Gasteiger partial charge in [-0.1, -0.05) is 6.07 Å². The maximum Gasteiger partial charge on any atom is 0.247 e. The summed E-state index contributed by atoms with van der Waals surface area (Å²) in [5.74, 6) is 2.01. The fourth-order valence-electron chi connectivity index (χ4n) is 3.95. The third kappa shape index (κ3) is 3.61. The number of fused-ring (bicyclic) bond motifs is 1. The number of nitrogens with zero attached hydrogens (tertiary/aromatic N) is 5. The molecule has 4 heterocycles. The molecular weight excluding hydrogens is 412 g/mol. The van der Waals surface area contributed by atoms with Gasteiger partial charge in [0.05, 0.1) is 12.8 Å². The van der Waals surface area contributed by atoms with Gasteiger partial charge in [0.2, 0.25) is 5.91 Å². The minimum atomic E-state index is -0.309. The second kappa shape index (κ2) is 7.99. The Kier molecular flexibility index (Phi) is 5.03. The van der Waals surface area contributed by atoms with Crippen LogP contribution < -0.4 is 15.0 Å². The van der Waals surface area contributed by atoms with Crippen molar-refractivity contribution in [2.45, 2.75) is 25.8 Å². The number of benzene rings is 1. The highest BCUT2D eigenvalue weighted by atomic mass is 32.1. The van der Waals surface area contributed by atoms with Crippen LogP contribution >= 0.6 is 11.3 Å². The van der Waals surface area contributed by atoms with Gasteiger partial charge in [0, 0.05) is 17.5 Å². The highest BCUT2D eigenvalue weighted by molar-refractivity contribution is 7.08. The normalized spacial score (nSPS) is 16.1. The van der Waals surface area contributed by atoms with E-state index in [1.807, 2.05) is 54.1 Å². The van der Waals surface area contributed by atoms with Crippen LogP contribution in [0.2, 0.25) is 0 Å². The molecule has 9 heteroatoms. The van der Waals surface area contributed by atoms with Crippen LogP contribution in [-0.4, -0.2) is 45.4 Å². The van der Waals surface area contributed by atoms with Gasteiger partial charge in [0.15, 0.2) is 11.5 Å². The number of hydrogen-bond acceptors (Lipinski definition) is 7. The lowest BCUT2D eigenvalue weighted by Crippen LogP contribution is -2.40. The largest absolute Gasteiger partial charge is 0.495 e. The minimum Gasteiger partial charge on any atom is -0.495 e. The van der Waals surface area contributed by atoms with E-state index in [2.05, 4.69) is 20.4 Å². The van der Waals surface area contributed by atoms with Crippen molar-refractivity contribution < 1.29 is 9.53 Å². The van der Waals surface area contributed by atoms with E-state index < -0.39 is 0 Å². The lowest BCUT2D eigenvalue weighted by molar-refractivity contribution is -0.117. The Balaban J connectivity index is 1.44. The zero-order valence-corrected chi connectivity index (χ0v) is 18.1. The van der Waals surface area contributed by atoms with Crippen molar-refractivity contribution in [3.63, 3.8) is 0 Å². The number of methoxy groups -OCH3 is 1. The van der Waals surface area contributed by atoms with Gasteiger partial charge < -0.3 is 15.0 Å². The summed E-state index contributed by atoms with van der Waals surface area (Å²) in [6.45, 7) is 2.75. The molecule has 1 N–H and O–H groups in total. The van der Waals surface area contributed by atoms with Gasteiger partial charge in [-0.15, -0.1) is 15.3 Å². The Morgan fingerprint density at radius 2 is 2.13 bits per heavy atom. The Bertz CT molecular complexity index is 1240. The van der Waals surface area contributed by atoms with Crippen LogP contribution in [0, 0.1) is 6.92 Å². The molecular formula is C22H22N6O2S. The molecule has 5 rings (SSSR count). The number of rotatable bonds is 5. The number of aromatic nitrogens is 4. The number of nitrogens with one attached hydrogen (secondary N) is 1. The number of thiophene rings is 1. The van der Waals surface area contributed by atoms with Crippen molar-refractivity contribution in [2.24, 2.45) is 0 Å². The molecule has 1 unspecified atom stereocenters. The van der Waals surface area contributed by atoms with E-state index >= 15 is 0 Å². The standard InChI is InChI=1S/C22H22N6O2S/c1-14-5-6-18(30-2)16(12-14)23-22(29)17-4-3-10-27(17)20-8-7-19-24-25-21(28(19)26-20)15-9-11-31-13-15/h5-9,11-13,17H,3-4,10H2,1-2H3,(H,23,29). The Morgan fingerprint density at radius 3 is 2.94 bits per heavy atom. The predicted molar refractivity (Wildman–Crippen MR) is 121 cm³/mol. The second-order valence-electron chi connectivity index (χ2n) is 7.54. The van der Waals surface area contributed by atoms with Gasteiger partial charge in [0.25, 0.3) is 0 Å². The fraction of sp³-hybridized carbons (Fsp3) is 0.273. The van der Waals surface area contributed by atoms with Crippen molar-refractivity contribution in [2.75, 3.05) is 23.9 Å². The Hall–Kier alpha value is -3.46. The molecule has 31 heavy (non-hydrogen) atoms. The van der Waals surface area contributed by atoms with E-state index in [4.69, 9.17) is 9.84 Å². The molecule has 0 spiro atoms. The van der Waals surface area contributed by atoms with E-state index in [0.717, 1.165) is 36.3 Å². The van der Waals surface area contributed by atoms with Crippen LogP contribution in [-0.2, 0) is 4.79 Å². The molecule has 158 valence electrons. The number of amides is 1. The SMILES string of the molecule is COc1ccc(C)cc1NC(=O)C1CCCN1c1ccc2nnc(-c3ccsc3)n2n1. The maximum absolute atomic E-state index is 13.2. The summed E-state index contributed by atoms with van der Waals surface area (Å²) in [5.41, 5.74) is 3.39. The molecule has 3 aromatic heterocycles. The summed E-state index contributed by atoms with van der Waals surface area (Å²) in [4.78, 5) is 15.2. The van der Waals surface area contributed by atoms with E-state index in [1.165, 1.54) is 0 Å². The highest BCUT2D eigenvalue weighted by Gasteiger charge is 2.32. The number of hydrogen-bond donors (Lipinski definition) is 1. The molecule has 4 aromatic rings. The number of anilines is 2. The predicted octanol–water partition coefficient (Wildman–Crippen LogP) is 3.78. The number of aryl methyl sites for hydroxylation is 1. The van der Waals surface area contributed by atoms with Crippen molar-refractivity contribution in [1.29, 1.82) is 0 Å². The third-order valence-electron chi connectivity index (χ3n) is 5.49. The van der Waals surface area contributed by atoms with Crippen molar-refractivity contribution >= 4 is 34.4 Å². The molecule has 1 amide bonds. The molecule has 0 aliphatic carbocycles. The van der Waals surface area contributed by atoms with Crippen LogP contribution in [0.4, 0.5) is 11.5 Å². The van der Waals surface area contributed by atoms with Gasteiger partial charge in [0.1, 0.15) is 17.6 Å². The number of ether oxygens (including phenoxy) is 1. The van der Waals surface area contributed by atoms with Crippen LogP contribution in [0.5, 0.6) is 5.75 Å². The summed E-state index contributed by atoms with van der Waals surface area (Å²) < 4.78 is 7.15. The lowest BCUT2D eigenvalue weighted by atomic mass is 10.1. The van der Waals surface area contributed by atoms with Gasteiger partial charge >= 0.3 is 0 Å². The van der Waals surface area contributed by atoms with E-state index in [0.29, 0.717) is 22.9 Å². The zero-order chi connectivity index (χ0) is 21.4. The molecule has 8 nitrogen and oxygen atoms in total. The number of carbonyl (C=O) groups is 1. The van der Waals surface area contributed by atoms with Gasteiger partial charge in [-0.3, -0.25) is 4.79 Å². The maximum atomic E-state index is 13.2. The summed E-state index contributed by atoms with van der Waals surface area (Å²) in [5, 5.41) is 20.4. The zero-order valence-electron chi connectivity index (χ0n) is 17.3. The first-order valence-electron chi connectivity index (χ1n) is 10.1. The second-order valence-corrected chi connectivity index (χ2v) is 8.32. The quantitative estimate of drug-likeness (QED) is 0.515. The number of carbonyl (C=O) groups excluding carboxylic acids is 1. The topological polar surface area (TPSA) is 84.6 Å². The molecule has 1 aliphatic heterocycles. The first-order valence-corrected chi connectivity index (χ1v) is 11.1. The van der Waals surface area contributed by atoms with E-state index in [1.54, 1.807) is 23.0 Å². The highest BCUT2D eigenvalue weighted by Crippen LogP contribution is 2.29. The first kappa shape index (κ1) is 19.5. The van der Waals surface area contributed by atoms with Gasteiger partial charge in [-0.05, 0) is 61.0 Å². The van der Waals surface area contributed by atoms with Crippen LogP contribution in [0.3, 0.4) is 0 Å². The van der Waals surface area contributed by atoms with Crippen molar-refractivity contribution in [1.82, 2.24) is 19.8 Å². The molecule has 1 aromatic carbocycles. The fourth-order valence-corrected chi connectivity index (χ4v) is 4.59. The summed E-state index contributed by atoms with van der Waals surface area (Å²) in [6, 6.07) is 11.2. The smallest absolute Gasteiger partial charge is 0.247 e. The third-order valence-corrected chi connectivity index (χ3v) is 6.17. The molecule has 0 bridgehead atoms. The molecule has 1 fully saturated rings. The summed E-state index contributed by atoms with van der Waals surface area (Å²) >= 11 is 1.60. The summed E-state index contributed by atoms with van der Waals surface area (Å²) in [6.07, 6.45) is 1.68. The van der Waals surface area contributed by atoms with Crippen molar-refractivity contribution in [3.8, 4) is 17.1 Å². The van der Waals surface area contributed by atoms with E-state index in [-0.39, 0.29) is 11.9 Å². The summed E-state index contributed by atoms with van der Waals surface area (Å²) in [7, 11) is 1.60. The first-order chi connectivity index (χ1) is 15.1. The molecule has 1 atom stereocenters. The lowest BCUT2D eigenvalue weighted by Gasteiger charge is -2.25.